The predicted octanol–water partition coefficient (Wildman–Crippen LogP) is 1.52. The van der Waals surface area contributed by atoms with Gasteiger partial charge in [-0.2, -0.15) is 0 Å². The summed E-state index contributed by atoms with van der Waals surface area (Å²) in [6.07, 6.45) is 5.71. The van der Waals surface area contributed by atoms with Crippen LogP contribution in [0.4, 0.5) is 0 Å². The van der Waals surface area contributed by atoms with Crippen LogP contribution in [0.15, 0.2) is 0 Å². The molecule has 1 unspecified atom stereocenters. The van der Waals surface area contributed by atoms with Crippen molar-refractivity contribution in [2.24, 2.45) is 11.8 Å². The van der Waals surface area contributed by atoms with E-state index in [1.807, 2.05) is 0 Å². The molecular weight excluding hydrogens is 152 g/mol. The summed E-state index contributed by atoms with van der Waals surface area (Å²) in [6, 6.07) is 0. The van der Waals surface area contributed by atoms with Gasteiger partial charge in [0.15, 0.2) is 5.78 Å². The zero-order chi connectivity index (χ0) is 8.55. The minimum atomic E-state index is -0.622. The third-order valence-electron chi connectivity index (χ3n) is 2.89. The quantitative estimate of drug-likeness (QED) is 0.675. The van der Waals surface area contributed by atoms with Crippen molar-refractivity contribution in [1.82, 2.24) is 0 Å². The third kappa shape index (κ3) is 2.07. The molecule has 2 nitrogen and oxygen atoms in total. The number of Topliss-reactive ketones (excluding diaryl/α,β-unsaturated/α-hetero) is 1. The normalized spacial score (nSPS) is 25.4. The second-order valence-corrected chi connectivity index (χ2v) is 4.23. The van der Waals surface area contributed by atoms with E-state index in [0.717, 1.165) is 25.2 Å². The molecule has 0 saturated heterocycles. The highest BCUT2D eigenvalue weighted by Gasteiger charge is 2.34. The Morgan fingerprint density at radius 1 is 1.33 bits per heavy atom. The minimum Gasteiger partial charge on any atom is -0.385 e. The van der Waals surface area contributed by atoms with Crippen molar-refractivity contribution in [2.45, 2.75) is 44.6 Å². The molecule has 12 heavy (non-hydrogen) atoms. The van der Waals surface area contributed by atoms with Gasteiger partial charge in [0.05, 0.1) is 0 Å². The Bertz CT molecular complexity index is 180. The first-order chi connectivity index (χ1) is 5.77. The molecular formula is C10H16O2. The maximum Gasteiger partial charge on any atom is 0.161 e. The fourth-order valence-electron chi connectivity index (χ4n) is 1.58. The second-order valence-electron chi connectivity index (χ2n) is 4.23. The van der Waals surface area contributed by atoms with Gasteiger partial charge in [-0.15, -0.1) is 0 Å². The largest absolute Gasteiger partial charge is 0.385 e. The van der Waals surface area contributed by atoms with Crippen LogP contribution < -0.4 is 0 Å². The summed E-state index contributed by atoms with van der Waals surface area (Å²) in [5.74, 6) is 1.21. The first kappa shape index (κ1) is 8.24. The van der Waals surface area contributed by atoms with Gasteiger partial charge in [0, 0.05) is 6.42 Å². The number of hydrogen-bond acceptors (Lipinski definition) is 2. The molecule has 2 heteroatoms. The van der Waals surface area contributed by atoms with Gasteiger partial charge in [-0.05, 0) is 31.1 Å². The van der Waals surface area contributed by atoms with Crippen molar-refractivity contribution >= 4 is 5.78 Å². The van der Waals surface area contributed by atoms with Gasteiger partial charge in [-0.1, -0.05) is 12.8 Å². The molecule has 0 radical (unpaired) electrons. The molecule has 2 aliphatic rings. The molecule has 0 aromatic carbocycles. The Labute approximate surface area is 73.0 Å². The minimum absolute atomic E-state index is 0.0874. The van der Waals surface area contributed by atoms with Crippen molar-refractivity contribution in [3.05, 3.63) is 0 Å². The van der Waals surface area contributed by atoms with Crippen LogP contribution in [0, 0.1) is 11.8 Å². The number of ketones is 1. The standard InChI is InChI=1S/C10H16O2/c11-9(6-3-7-1-2-7)10(12)8-4-5-8/h7-8,10,12H,1-6H2. The molecule has 2 aliphatic carbocycles. The highest BCUT2D eigenvalue weighted by molar-refractivity contribution is 5.83. The first-order valence-corrected chi connectivity index (χ1v) is 4.98. The van der Waals surface area contributed by atoms with E-state index in [0.29, 0.717) is 12.3 Å². The Morgan fingerprint density at radius 3 is 2.50 bits per heavy atom. The summed E-state index contributed by atoms with van der Waals surface area (Å²) in [6.45, 7) is 0. The molecule has 0 heterocycles. The van der Waals surface area contributed by atoms with Crippen LogP contribution >= 0.6 is 0 Å². The van der Waals surface area contributed by atoms with Crippen LogP contribution in [-0.2, 0) is 4.79 Å². The zero-order valence-corrected chi connectivity index (χ0v) is 7.33. The Morgan fingerprint density at radius 2 is 2.00 bits per heavy atom. The number of carbonyl (C=O) groups is 1. The van der Waals surface area contributed by atoms with E-state index in [4.69, 9.17) is 0 Å². The molecule has 2 rings (SSSR count). The number of aliphatic hydroxyl groups excluding tert-OH is 1. The predicted molar refractivity (Wildman–Crippen MR) is 45.7 cm³/mol. The van der Waals surface area contributed by atoms with E-state index in [1.165, 1.54) is 12.8 Å². The van der Waals surface area contributed by atoms with Gasteiger partial charge in [-0.3, -0.25) is 4.79 Å². The van der Waals surface area contributed by atoms with Gasteiger partial charge in [0.2, 0.25) is 0 Å². The number of hydrogen-bond donors (Lipinski definition) is 1. The lowest BCUT2D eigenvalue weighted by molar-refractivity contribution is -0.128. The van der Waals surface area contributed by atoms with Crippen LogP contribution in [0.1, 0.15) is 38.5 Å². The summed E-state index contributed by atoms with van der Waals surface area (Å²) < 4.78 is 0. The van der Waals surface area contributed by atoms with Crippen molar-refractivity contribution in [3.8, 4) is 0 Å². The van der Waals surface area contributed by atoms with Gasteiger partial charge >= 0.3 is 0 Å². The van der Waals surface area contributed by atoms with Crippen LogP contribution in [0.5, 0.6) is 0 Å². The number of rotatable bonds is 5. The molecule has 2 fully saturated rings. The zero-order valence-electron chi connectivity index (χ0n) is 7.33. The molecule has 1 N–H and O–H groups in total. The van der Waals surface area contributed by atoms with Crippen LogP contribution in [0.2, 0.25) is 0 Å². The highest BCUT2D eigenvalue weighted by Crippen LogP contribution is 2.36. The summed E-state index contributed by atoms with van der Waals surface area (Å²) in [5, 5.41) is 9.44. The van der Waals surface area contributed by atoms with E-state index in [1.54, 1.807) is 0 Å². The first-order valence-electron chi connectivity index (χ1n) is 4.98. The fourth-order valence-corrected chi connectivity index (χ4v) is 1.58. The van der Waals surface area contributed by atoms with Crippen LogP contribution in [0.25, 0.3) is 0 Å². The number of carbonyl (C=O) groups excluding carboxylic acids is 1. The van der Waals surface area contributed by atoms with Gasteiger partial charge in [0.1, 0.15) is 6.10 Å². The molecule has 0 amide bonds. The monoisotopic (exact) mass is 168 g/mol. The van der Waals surface area contributed by atoms with E-state index < -0.39 is 6.10 Å². The average Bonchev–Trinajstić information content (AvgIpc) is 2.85. The van der Waals surface area contributed by atoms with E-state index in [-0.39, 0.29) is 5.78 Å². The molecule has 0 spiro atoms. The molecule has 2 saturated carbocycles. The van der Waals surface area contributed by atoms with Crippen molar-refractivity contribution in [3.63, 3.8) is 0 Å². The van der Waals surface area contributed by atoms with Crippen LogP contribution in [-0.4, -0.2) is 17.0 Å². The summed E-state index contributed by atoms with van der Waals surface area (Å²) >= 11 is 0. The average molecular weight is 168 g/mol. The molecule has 0 aliphatic heterocycles. The SMILES string of the molecule is O=C(CCC1CC1)C(O)C1CC1. The highest BCUT2D eigenvalue weighted by atomic mass is 16.3. The maximum absolute atomic E-state index is 11.3. The van der Waals surface area contributed by atoms with Gasteiger partial charge in [-0.25, -0.2) is 0 Å². The lowest BCUT2D eigenvalue weighted by Gasteiger charge is -2.06. The topological polar surface area (TPSA) is 37.3 Å². The van der Waals surface area contributed by atoms with E-state index in [9.17, 15) is 9.90 Å². The fraction of sp³-hybridized carbons (Fsp3) is 0.900. The number of aliphatic hydroxyl groups is 1. The molecule has 0 aromatic heterocycles. The van der Waals surface area contributed by atoms with E-state index >= 15 is 0 Å². The van der Waals surface area contributed by atoms with Gasteiger partial charge < -0.3 is 5.11 Å². The molecule has 0 aromatic rings. The van der Waals surface area contributed by atoms with Crippen molar-refractivity contribution < 1.29 is 9.90 Å². The maximum atomic E-state index is 11.3. The summed E-state index contributed by atoms with van der Waals surface area (Å²) in [4.78, 5) is 11.3. The Hall–Kier alpha value is -0.370. The molecule has 68 valence electrons. The molecule has 1 atom stereocenters. The smallest absolute Gasteiger partial charge is 0.161 e. The van der Waals surface area contributed by atoms with Crippen molar-refractivity contribution in [2.75, 3.05) is 0 Å². The summed E-state index contributed by atoms with van der Waals surface area (Å²) in [7, 11) is 0. The van der Waals surface area contributed by atoms with Crippen LogP contribution in [0.3, 0.4) is 0 Å². The van der Waals surface area contributed by atoms with Gasteiger partial charge in [0.25, 0.3) is 0 Å². The van der Waals surface area contributed by atoms with E-state index in [2.05, 4.69) is 0 Å². The van der Waals surface area contributed by atoms with Crippen molar-refractivity contribution in [1.29, 1.82) is 0 Å². The lowest BCUT2D eigenvalue weighted by atomic mass is 10.1. The Balaban J connectivity index is 1.67. The lowest BCUT2D eigenvalue weighted by Crippen LogP contribution is -2.22. The second kappa shape index (κ2) is 3.17. The molecule has 0 bridgehead atoms. The Kier molecular flexibility index (Phi) is 2.18. The third-order valence-corrected chi connectivity index (χ3v) is 2.89. The summed E-state index contributed by atoms with van der Waals surface area (Å²) in [5.41, 5.74) is 0.